The lowest BCUT2D eigenvalue weighted by Crippen LogP contribution is -2.08. The van der Waals surface area contributed by atoms with E-state index in [0.717, 1.165) is 46.5 Å². The topological polar surface area (TPSA) is 45.0 Å². The second-order valence-corrected chi connectivity index (χ2v) is 7.80. The quantitative estimate of drug-likeness (QED) is 0.510. The van der Waals surface area contributed by atoms with Crippen molar-refractivity contribution in [2.75, 3.05) is 25.5 Å². The summed E-state index contributed by atoms with van der Waals surface area (Å²) in [5.74, 6) is 0. The molecule has 132 valence electrons. The summed E-state index contributed by atoms with van der Waals surface area (Å²) in [5, 5.41) is 1.92. The van der Waals surface area contributed by atoms with E-state index in [0.29, 0.717) is 0 Å². The second kappa shape index (κ2) is 7.81. The van der Waals surface area contributed by atoms with E-state index >= 15 is 0 Å². The molecule has 5 heteroatoms. The zero-order valence-corrected chi connectivity index (χ0v) is 16.9. The Morgan fingerprint density at radius 1 is 1.16 bits per heavy atom. The van der Waals surface area contributed by atoms with E-state index in [1.807, 2.05) is 6.07 Å². The molecule has 0 fully saturated rings. The maximum Gasteiger partial charge on any atom is 0.0658 e. The van der Waals surface area contributed by atoms with Gasteiger partial charge in [0.05, 0.1) is 10.5 Å². The number of unbranched alkanes of at least 4 members (excludes halogenated alkanes) is 1. The van der Waals surface area contributed by atoms with Crippen LogP contribution in [-0.4, -0.2) is 25.6 Å². The third-order valence-electron chi connectivity index (χ3n) is 4.46. The van der Waals surface area contributed by atoms with Gasteiger partial charge in [0, 0.05) is 40.9 Å². The van der Waals surface area contributed by atoms with Crippen molar-refractivity contribution in [3.05, 3.63) is 51.5 Å². The SMILES string of the molecule is CN(C)c1cccc(-c2[nH]c3c(Cl)cc(Br)cc3c2CCCCN)c1. The van der Waals surface area contributed by atoms with Gasteiger partial charge < -0.3 is 15.6 Å². The molecule has 0 radical (unpaired) electrons. The Kier molecular flexibility index (Phi) is 5.72. The lowest BCUT2D eigenvalue weighted by atomic mass is 10.00. The van der Waals surface area contributed by atoms with Crippen LogP contribution in [0, 0.1) is 0 Å². The first kappa shape index (κ1) is 18.3. The van der Waals surface area contributed by atoms with Crippen LogP contribution >= 0.6 is 27.5 Å². The van der Waals surface area contributed by atoms with E-state index in [-0.39, 0.29) is 0 Å². The molecule has 3 aromatic rings. The predicted molar refractivity (Wildman–Crippen MR) is 113 cm³/mol. The number of aromatic amines is 1. The lowest BCUT2D eigenvalue weighted by Gasteiger charge is -2.14. The van der Waals surface area contributed by atoms with Gasteiger partial charge in [-0.05, 0) is 55.6 Å². The largest absolute Gasteiger partial charge is 0.378 e. The molecular formula is C20H23BrClN3. The summed E-state index contributed by atoms with van der Waals surface area (Å²) in [6.07, 6.45) is 3.06. The van der Waals surface area contributed by atoms with Crippen molar-refractivity contribution in [2.24, 2.45) is 5.73 Å². The van der Waals surface area contributed by atoms with Crippen LogP contribution in [0.15, 0.2) is 40.9 Å². The van der Waals surface area contributed by atoms with Crippen molar-refractivity contribution >= 4 is 44.1 Å². The average molecular weight is 421 g/mol. The molecule has 0 saturated carbocycles. The first-order valence-electron chi connectivity index (χ1n) is 8.48. The molecule has 0 atom stereocenters. The molecule has 0 amide bonds. The fourth-order valence-electron chi connectivity index (χ4n) is 3.17. The summed E-state index contributed by atoms with van der Waals surface area (Å²) in [6, 6.07) is 12.6. The number of nitrogens with two attached hydrogens (primary N) is 1. The zero-order valence-electron chi connectivity index (χ0n) is 14.6. The second-order valence-electron chi connectivity index (χ2n) is 6.48. The molecule has 3 rings (SSSR count). The van der Waals surface area contributed by atoms with Crippen LogP contribution in [0.1, 0.15) is 18.4 Å². The minimum Gasteiger partial charge on any atom is -0.378 e. The Bertz CT molecular complexity index is 886. The summed E-state index contributed by atoms with van der Waals surface area (Å²) in [4.78, 5) is 5.68. The molecule has 0 aliphatic rings. The molecule has 0 aliphatic carbocycles. The van der Waals surface area contributed by atoms with Gasteiger partial charge in [-0.2, -0.15) is 0 Å². The Balaban J connectivity index is 2.17. The van der Waals surface area contributed by atoms with Crippen molar-refractivity contribution in [3.63, 3.8) is 0 Å². The van der Waals surface area contributed by atoms with Gasteiger partial charge in [0.1, 0.15) is 0 Å². The molecule has 0 spiro atoms. The molecule has 0 bridgehead atoms. The summed E-state index contributed by atoms with van der Waals surface area (Å²) in [7, 11) is 4.11. The van der Waals surface area contributed by atoms with Crippen molar-refractivity contribution < 1.29 is 0 Å². The number of H-pyrrole nitrogens is 1. The number of nitrogens with zero attached hydrogens (tertiary/aromatic N) is 1. The summed E-state index contributed by atoms with van der Waals surface area (Å²) >= 11 is 10.1. The molecule has 25 heavy (non-hydrogen) atoms. The number of aryl methyl sites for hydroxylation is 1. The van der Waals surface area contributed by atoms with E-state index in [4.69, 9.17) is 17.3 Å². The number of hydrogen-bond donors (Lipinski definition) is 2. The summed E-state index contributed by atoms with van der Waals surface area (Å²) in [5.41, 5.74) is 11.5. The minimum absolute atomic E-state index is 0.720. The van der Waals surface area contributed by atoms with Crippen molar-refractivity contribution in [1.29, 1.82) is 0 Å². The van der Waals surface area contributed by atoms with Crippen molar-refractivity contribution in [2.45, 2.75) is 19.3 Å². The Morgan fingerprint density at radius 2 is 1.96 bits per heavy atom. The molecule has 0 unspecified atom stereocenters. The van der Waals surface area contributed by atoms with Gasteiger partial charge in [0.25, 0.3) is 0 Å². The van der Waals surface area contributed by atoms with E-state index in [1.165, 1.54) is 22.2 Å². The molecule has 3 N–H and O–H groups in total. The fourth-order valence-corrected chi connectivity index (χ4v) is 4.02. The number of fused-ring (bicyclic) bond motifs is 1. The maximum atomic E-state index is 6.49. The van der Waals surface area contributed by atoms with Crippen molar-refractivity contribution in [3.8, 4) is 11.3 Å². The smallest absolute Gasteiger partial charge is 0.0658 e. The van der Waals surface area contributed by atoms with E-state index in [9.17, 15) is 0 Å². The first-order valence-corrected chi connectivity index (χ1v) is 9.65. The summed E-state index contributed by atoms with van der Waals surface area (Å²) < 4.78 is 0.998. The Morgan fingerprint density at radius 3 is 2.68 bits per heavy atom. The highest BCUT2D eigenvalue weighted by Gasteiger charge is 2.16. The number of rotatable bonds is 6. The third-order valence-corrected chi connectivity index (χ3v) is 5.22. The molecule has 0 aliphatic heterocycles. The summed E-state index contributed by atoms with van der Waals surface area (Å²) in [6.45, 7) is 0.720. The molecular weight excluding hydrogens is 398 g/mol. The maximum absolute atomic E-state index is 6.49. The number of nitrogens with one attached hydrogen (secondary N) is 1. The van der Waals surface area contributed by atoms with Gasteiger partial charge in [-0.1, -0.05) is 39.7 Å². The standard InChI is InChI=1S/C20H23BrClN3/c1-25(2)15-7-5-6-13(10-15)19-16(8-3-4-9-23)17-11-14(21)12-18(22)20(17)24-19/h5-7,10-12,24H,3-4,8-9,23H2,1-2H3. The van der Waals surface area contributed by atoms with E-state index in [1.54, 1.807) is 0 Å². The van der Waals surface area contributed by atoms with Crippen LogP contribution in [0.4, 0.5) is 5.69 Å². The Labute approximate surface area is 162 Å². The molecule has 2 aromatic carbocycles. The van der Waals surface area contributed by atoms with Crippen molar-refractivity contribution in [1.82, 2.24) is 4.98 Å². The van der Waals surface area contributed by atoms with Gasteiger partial charge in [0.2, 0.25) is 0 Å². The van der Waals surface area contributed by atoms with Gasteiger partial charge in [0.15, 0.2) is 0 Å². The van der Waals surface area contributed by atoms with Crippen LogP contribution < -0.4 is 10.6 Å². The molecule has 3 nitrogen and oxygen atoms in total. The highest BCUT2D eigenvalue weighted by molar-refractivity contribution is 9.10. The van der Waals surface area contributed by atoms with Crippen LogP contribution in [-0.2, 0) is 6.42 Å². The lowest BCUT2D eigenvalue weighted by molar-refractivity contribution is 0.748. The fraction of sp³-hybridized carbons (Fsp3) is 0.300. The van der Waals surface area contributed by atoms with E-state index < -0.39 is 0 Å². The zero-order chi connectivity index (χ0) is 18.0. The van der Waals surface area contributed by atoms with Gasteiger partial charge in [-0.15, -0.1) is 0 Å². The molecule has 1 heterocycles. The third kappa shape index (κ3) is 3.86. The van der Waals surface area contributed by atoms with E-state index in [2.05, 4.69) is 70.2 Å². The molecule has 1 aromatic heterocycles. The van der Waals surface area contributed by atoms with Crippen LogP contribution in [0.25, 0.3) is 22.2 Å². The monoisotopic (exact) mass is 419 g/mol. The molecule has 0 saturated heterocycles. The minimum atomic E-state index is 0.720. The van der Waals surface area contributed by atoms with Crippen LogP contribution in [0.3, 0.4) is 0 Å². The number of benzene rings is 2. The predicted octanol–water partition coefficient (Wildman–Crippen LogP) is 5.60. The normalized spacial score (nSPS) is 11.2. The Hall–Kier alpha value is -1.49. The number of aromatic nitrogens is 1. The van der Waals surface area contributed by atoms with Gasteiger partial charge in [-0.25, -0.2) is 0 Å². The van der Waals surface area contributed by atoms with Gasteiger partial charge >= 0.3 is 0 Å². The highest BCUT2D eigenvalue weighted by atomic mass is 79.9. The van der Waals surface area contributed by atoms with Crippen LogP contribution in [0.2, 0.25) is 5.02 Å². The highest BCUT2D eigenvalue weighted by Crippen LogP contribution is 2.37. The number of hydrogen-bond acceptors (Lipinski definition) is 2. The number of anilines is 1. The van der Waals surface area contributed by atoms with Gasteiger partial charge in [-0.3, -0.25) is 0 Å². The van der Waals surface area contributed by atoms with Crippen LogP contribution in [0.5, 0.6) is 0 Å². The number of halogens is 2. The average Bonchev–Trinajstić information content (AvgIpc) is 2.94. The first-order chi connectivity index (χ1) is 12.0.